The minimum atomic E-state index is -1.47. The Morgan fingerprint density at radius 1 is 0.821 bits per heavy atom. The van der Waals surface area contributed by atoms with E-state index in [2.05, 4.69) is 10.6 Å². The number of hydrogen-bond acceptors (Lipinski definition) is 4. The van der Waals surface area contributed by atoms with Crippen molar-refractivity contribution in [2.24, 2.45) is 0 Å². The second-order valence-electron chi connectivity index (χ2n) is 9.38. The molecule has 3 aromatic carbocycles. The molecule has 0 saturated carbocycles. The largest absolute Gasteiger partial charge is 0.481 e. The lowest BCUT2D eigenvalue weighted by molar-refractivity contribution is -0.142. The predicted octanol–water partition coefficient (Wildman–Crippen LogP) is 4.52. The van der Waals surface area contributed by atoms with Gasteiger partial charge in [-0.05, 0) is 35.3 Å². The van der Waals surface area contributed by atoms with Gasteiger partial charge in [-0.2, -0.15) is 0 Å². The number of rotatable bonds is 12. The first kappa shape index (κ1) is 27.5. The molecule has 0 fully saturated rings. The molecule has 0 aromatic heterocycles. The fraction of sp³-hybridized carbons (Fsp3) is 0.219. The summed E-state index contributed by atoms with van der Waals surface area (Å²) in [7, 11) is 0. The second kappa shape index (κ2) is 13.3. The van der Waals surface area contributed by atoms with E-state index in [1.165, 1.54) is 0 Å². The van der Waals surface area contributed by atoms with E-state index in [1.54, 1.807) is 12.2 Å². The van der Waals surface area contributed by atoms with Crippen LogP contribution in [0.1, 0.15) is 35.4 Å². The van der Waals surface area contributed by atoms with Crippen LogP contribution >= 0.6 is 0 Å². The Bertz CT molecular complexity index is 1290. The van der Waals surface area contributed by atoms with Crippen LogP contribution in [0.3, 0.4) is 0 Å². The Balaban J connectivity index is 1.53. The van der Waals surface area contributed by atoms with Crippen molar-refractivity contribution >= 4 is 17.8 Å². The fourth-order valence-corrected chi connectivity index (χ4v) is 4.32. The molecule has 1 aliphatic carbocycles. The van der Waals surface area contributed by atoms with Crippen LogP contribution in [0.4, 0.5) is 0 Å². The number of hydrogen-bond donors (Lipinski definition) is 3. The first-order valence-electron chi connectivity index (χ1n) is 12.9. The van der Waals surface area contributed by atoms with Gasteiger partial charge in [-0.1, -0.05) is 103 Å². The minimum absolute atomic E-state index is 0.0376. The number of carbonyl (C=O) groups is 3. The van der Waals surface area contributed by atoms with Crippen LogP contribution in [0.2, 0.25) is 0 Å². The summed E-state index contributed by atoms with van der Waals surface area (Å²) in [6.07, 6.45) is 6.89. The van der Waals surface area contributed by atoms with E-state index < -0.39 is 29.4 Å². The molecule has 0 radical (unpaired) electrons. The molecule has 1 aliphatic rings. The van der Waals surface area contributed by atoms with Crippen molar-refractivity contribution in [2.45, 2.75) is 43.6 Å². The van der Waals surface area contributed by atoms with Crippen molar-refractivity contribution in [3.8, 4) is 0 Å². The van der Waals surface area contributed by atoms with E-state index in [0.29, 0.717) is 0 Å². The molecule has 0 unspecified atom stereocenters. The average Bonchev–Trinajstić information content (AvgIpc) is 2.98. The number of carboxylic acid groups (broad SMARTS) is 1. The van der Waals surface area contributed by atoms with Crippen LogP contribution in [0.5, 0.6) is 0 Å². The summed E-state index contributed by atoms with van der Waals surface area (Å²) in [6.45, 7) is 0.423. The molecule has 39 heavy (non-hydrogen) atoms. The third-order valence-electron chi connectivity index (χ3n) is 6.54. The Hall–Kier alpha value is -4.49. The summed E-state index contributed by atoms with van der Waals surface area (Å²) in [5.41, 5.74) is 1.38. The van der Waals surface area contributed by atoms with E-state index in [4.69, 9.17) is 4.74 Å². The molecule has 1 atom stereocenters. The maximum atomic E-state index is 13.8. The third kappa shape index (κ3) is 7.75. The Morgan fingerprint density at radius 2 is 1.38 bits per heavy atom. The highest BCUT2D eigenvalue weighted by Crippen LogP contribution is 2.30. The van der Waals surface area contributed by atoms with Crippen molar-refractivity contribution in [1.82, 2.24) is 10.6 Å². The zero-order valence-corrected chi connectivity index (χ0v) is 21.5. The summed E-state index contributed by atoms with van der Waals surface area (Å²) in [4.78, 5) is 38.1. The first-order chi connectivity index (χ1) is 18.9. The van der Waals surface area contributed by atoms with Crippen LogP contribution in [0, 0.1) is 0 Å². The molecule has 0 saturated heterocycles. The predicted molar refractivity (Wildman–Crippen MR) is 149 cm³/mol. The van der Waals surface area contributed by atoms with Crippen molar-refractivity contribution in [3.63, 3.8) is 0 Å². The molecule has 200 valence electrons. The zero-order valence-electron chi connectivity index (χ0n) is 21.5. The number of carboxylic acids is 1. The van der Waals surface area contributed by atoms with Gasteiger partial charge < -0.3 is 20.5 Å². The van der Waals surface area contributed by atoms with E-state index in [0.717, 1.165) is 16.7 Å². The van der Waals surface area contributed by atoms with Crippen molar-refractivity contribution in [1.29, 1.82) is 0 Å². The van der Waals surface area contributed by atoms with Crippen LogP contribution in [-0.2, 0) is 32.3 Å². The fourth-order valence-electron chi connectivity index (χ4n) is 4.32. The first-order valence-corrected chi connectivity index (χ1v) is 12.9. The van der Waals surface area contributed by atoms with Crippen LogP contribution < -0.4 is 10.6 Å². The number of ether oxygens (including phenoxy) is 1. The molecular formula is C32H32N2O5. The third-order valence-corrected chi connectivity index (χ3v) is 6.54. The van der Waals surface area contributed by atoms with Gasteiger partial charge in [0.2, 0.25) is 5.91 Å². The van der Waals surface area contributed by atoms with Crippen molar-refractivity contribution in [2.75, 3.05) is 0 Å². The highest BCUT2D eigenvalue weighted by Gasteiger charge is 2.39. The summed E-state index contributed by atoms with van der Waals surface area (Å²) in [5.74, 6) is -2.09. The molecule has 3 aromatic rings. The number of nitrogens with one attached hydrogen (secondary N) is 2. The maximum Gasteiger partial charge on any atom is 0.303 e. The second-order valence-corrected chi connectivity index (χ2v) is 9.38. The highest BCUT2D eigenvalue weighted by molar-refractivity contribution is 5.94. The SMILES string of the molecule is O=C(O)CC[C@H](NC(=O)C1(OCc2ccccc2)C=CC(c2ccccc2)C=C1)C(=O)NCc1ccccc1. The Morgan fingerprint density at radius 3 is 1.97 bits per heavy atom. The van der Waals surface area contributed by atoms with Crippen LogP contribution in [-0.4, -0.2) is 34.5 Å². The molecule has 0 bridgehead atoms. The quantitative estimate of drug-likeness (QED) is 0.302. The van der Waals surface area contributed by atoms with E-state index in [1.807, 2.05) is 103 Å². The number of allylic oxidation sites excluding steroid dienone is 2. The van der Waals surface area contributed by atoms with Gasteiger partial charge in [-0.3, -0.25) is 14.4 Å². The number of amides is 2. The van der Waals surface area contributed by atoms with Crippen molar-refractivity contribution < 1.29 is 24.2 Å². The zero-order chi connectivity index (χ0) is 27.5. The van der Waals surface area contributed by atoms with Gasteiger partial charge in [-0.25, -0.2) is 0 Å². The van der Waals surface area contributed by atoms with Gasteiger partial charge in [0.1, 0.15) is 6.04 Å². The van der Waals surface area contributed by atoms with Gasteiger partial charge in [0.25, 0.3) is 5.91 Å². The van der Waals surface area contributed by atoms with Gasteiger partial charge >= 0.3 is 5.97 Å². The van der Waals surface area contributed by atoms with E-state index in [9.17, 15) is 19.5 Å². The lowest BCUT2D eigenvalue weighted by atomic mass is 9.87. The van der Waals surface area contributed by atoms with Crippen LogP contribution in [0.25, 0.3) is 0 Å². The Kier molecular flexibility index (Phi) is 9.43. The minimum Gasteiger partial charge on any atom is -0.481 e. The molecule has 2 amide bonds. The summed E-state index contributed by atoms with van der Waals surface area (Å²) in [5, 5.41) is 14.8. The van der Waals surface area contributed by atoms with Crippen molar-refractivity contribution in [3.05, 3.63) is 132 Å². The number of carbonyl (C=O) groups excluding carboxylic acids is 2. The Labute approximate surface area is 228 Å². The summed E-state index contributed by atoms with van der Waals surface area (Å²) in [6, 6.07) is 27.7. The number of aliphatic carboxylic acids is 1. The smallest absolute Gasteiger partial charge is 0.303 e. The lowest BCUT2D eigenvalue weighted by Gasteiger charge is -2.32. The van der Waals surface area contributed by atoms with E-state index in [-0.39, 0.29) is 31.9 Å². The normalized spacial score (nSPS) is 18.7. The molecule has 4 rings (SSSR count). The average molecular weight is 525 g/mol. The summed E-state index contributed by atoms with van der Waals surface area (Å²) >= 11 is 0. The van der Waals surface area contributed by atoms with E-state index >= 15 is 0 Å². The van der Waals surface area contributed by atoms with Gasteiger partial charge in [0.05, 0.1) is 6.61 Å². The monoisotopic (exact) mass is 524 g/mol. The maximum absolute atomic E-state index is 13.8. The highest BCUT2D eigenvalue weighted by atomic mass is 16.5. The van der Waals surface area contributed by atoms with Gasteiger partial charge in [0.15, 0.2) is 5.60 Å². The number of benzene rings is 3. The molecule has 7 heteroatoms. The topological polar surface area (TPSA) is 105 Å². The molecule has 3 N–H and O–H groups in total. The van der Waals surface area contributed by atoms with Gasteiger partial charge in [-0.15, -0.1) is 0 Å². The standard InChI is InChI=1S/C32H32N2O5/c35-29(36)17-16-28(30(37)33-22-24-10-4-1-5-11-24)34-31(38)32(39-23-25-12-6-2-7-13-25)20-18-27(19-21-32)26-14-8-3-9-15-26/h1-15,18-21,27-28H,16-17,22-23H2,(H,33,37)(H,34,38)(H,35,36)/t27?,28-,32?/m0/s1. The molecule has 0 heterocycles. The molecule has 0 spiro atoms. The molecule has 7 nitrogen and oxygen atoms in total. The molecular weight excluding hydrogens is 492 g/mol. The summed E-state index contributed by atoms with van der Waals surface area (Å²) < 4.78 is 6.20. The lowest BCUT2D eigenvalue weighted by Crippen LogP contribution is -2.54. The van der Waals surface area contributed by atoms with Gasteiger partial charge in [0, 0.05) is 18.9 Å². The van der Waals surface area contributed by atoms with Crippen LogP contribution in [0.15, 0.2) is 115 Å². The molecule has 0 aliphatic heterocycles.